The summed E-state index contributed by atoms with van der Waals surface area (Å²) < 4.78 is 5.05. The normalized spacial score (nSPS) is 19.8. The molecule has 130 valence electrons. The molecule has 0 bridgehead atoms. The average Bonchev–Trinajstić information content (AvgIpc) is 3.20. The Labute approximate surface area is 146 Å². The van der Waals surface area contributed by atoms with Gasteiger partial charge in [0.25, 0.3) is 11.8 Å². The first-order chi connectivity index (χ1) is 11.7. The van der Waals surface area contributed by atoms with E-state index in [1.807, 2.05) is 17.5 Å². The van der Waals surface area contributed by atoms with Gasteiger partial charge in [0.15, 0.2) is 0 Å². The van der Waals surface area contributed by atoms with Crippen LogP contribution in [0.3, 0.4) is 0 Å². The minimum absolute atomic E-state index is 0.189. The molecule has 3 rings (SSSR count). The second kappa shape index (κ2) is 7.46. The summed E-state index contributed by atoms with van der Waals surface area (Å²) in [6, 6.07) is 3.82. The van der Waals surface area contributed by atoms with Gasteiger partial charge in [0.1, 0.15) is 5.70 Å². The van der Waals surface area contributed by atoms with Gasteiger partial charge in [-0.1, -0.05) is 13.0 Å². The molecule has 24 heavy (non-hydrogen) atoms. The first kappa shape index (κ1) is 17.1. The summed E-state index contributed by atoms with van der Waals surface area (Å²) in [6.45, 7) is 7.17. The van der Waals surface area contributed by atoms with Gasteiger partial charge in [-0.25, -0.2) is 0 Å². The summed E-state index contributed by atoms with van der Waals surface area (Å²) in [6.07, 6.45) is 0. The molecule has 2 aliphatic heterocycles. The molecule has 2 amide bonds. The van der Waals surface area contributed by atoms with Gasteiger partial charge in [-0.3, -0.25) is 14.5 Å². The number of piperazine rings is 1. The van der Waals surface area contributed by atoms with Crippen LogP contribution in [0.25, 0.3) is 5.57 Å². The van der Waals surface area contributed by atoms with Crippen LogP contribution in [0.5, 0.6) is 0 Å². The van der Waals surface area contributed by atoms with Crippen molar-refractivity contribution in [2.45, 2.75) is 6.92 Å². The van der Waals surface area contributed by atoms with E-state index in [-0.39, 0.29) is 11.8 Å². The van der Waals surface area contributed by atoms with Gasteiger partial charge < -0.3 is 14.5 Å². The fourth-order valence-electron chi connectivity index (χ4n) is 3.17. The second-order valence-corrected chi connectivity index (χ2v) is 6.82. The molecule has 0 unspecified atom stereocenters. The van der Waals surface area contributed by atoms with Crippen molar-refractivity contribution in [1.29, 1.82) is 0 Å². The van der Waals surface area contributed by atoms with Crippen LogP contribution in [0.15, 0.2) is 23.2 Å². The highest BCUT2D eigenvalue weighted by atomic mass is 32.1. The van der Waals surface area contributed by atoms with Crippen molar-refractivity contribution in [2.24, 2.45) is 0 Å². The lowest BCUT2D eigenvalue weighted by atomic mass is 10.1. The molecule has 7 heteroatoms. The number of imide groups is 1. The molecule has 1 fully saturated rings. The van der Waals surface area contributed by atoms with Gasteiger partial charge in [0, 0.05) is 38.2 Å². The maximum Gasteiger partial charge on any atom is 0.277 e. The number of ether oxygens (including phenoxy) is 1. The topological polar surface area (TPSA) is 53.1 Å². The zero-order valence-electron chi connectivity index (χ0n) is 14.2. The highest BCUT2D eigenvalue weighted by molar-refractivity contribution is 7.11. The van der Waals surface area contributed by atoms with Crippen molar-refractivity contribution in [1.82, 2.24) is 14.7 Å². The van der Waals surface area contributed by atoms with Crippen molar-refractivity contribution in [3.8, 4) is 0 Å². The highest BCUT2D eigenvalue weighted by Crippen LogP contribution is 2.34. The predicted molar refractivity (Wildman–Crippen MR) is 93.5 cm³/mol. The summed E-state index contributed by atoms with van der Waals surface area (Å²) >= 11 is 1.50. The van der Waals surface area contributed by atoms with Crippen LogP contribution < -0.4 is 0 Å². The summed E-state index contributed by atoms with van der Waals surface area (Å²) in [4.78, 5) is 32.4. The van der Waals surface area contributed by atoms with Crippen LogP contribution in [-0.4, -0.2) is 79.5 Å². The van der Waals surface area contributed by atoms with Gasteiger partial charge in [0.05, 0.1) is 18.7 Å². The first-order valence-corrected chi connectivity index (χ1v) is 9.16. The van der Waals surface area contributed by atoms with Crippen LogP contribution in [0, 0.1) is 0 Å². The number of carbonyl (C=O) groups excluding carboxylic acids is 2. The number of hydrogen-bond donors (Lipinski definition) is 0. The van der Waals surface area contributed by atoms with Gasteiger partial charge in [-0.15, -0.1) is 11.3 Å². The summed E-state index contributed by atoms with van der Waals surface area (Å²) in [7, 11) is 1.57. The Kier molecular flexibility index (Phi) is 5.33. The molecule has 2 aliphatic rings. The molecule has 0 aliphatic carbocycles. The Balaban J connectivity index is 1.91. The number of methoxy groups -OCH3 is 1. The summed E-state index contributed by atoms with van der Waals surface area (Å²) in [5.41, 5.74) is 1.12. The van der Waals surface area contributed by atoms with Crippen LogP contribution in [0.4, 0.5) is 0 Å². The Morgan fingerprint density at radius 2 is 1.92 bits per heavy atom. The van der Waals surface area contributed by atoms with Crippen LogP contribution in [-0.2, 0) is 14.3 Å². The smallest absolute Gasteiger partial charge is 0.277 e. The first-order valence-electron chi connectivity index (χ1n) is 8.28. The van der Waals surface area contributed by atoms with Gasteiger partial charge in [0.2, 0.25) is 0 Å². The highest BCUT2D eigenvalue weighted by Gasteiger charge is 2.42. The molecule has 1 saturated heterocycles. The standard InChI is InChI=1S/C17H23N3O3S/c1-3-18-6-8-19(9-7-18)15-14(13-5-4-12-24-13)16(21)20(17(15)22)10-11-23-2/h4-5,12H,3,6-11H2,1-2H3. The van der Waals surface area contributed by atoms with Crippen LogP contribution in [0.1, 0.15) is 11.8 Å². The number of thiophene rings is 1. The Bertz CT molecular complexity index is 634. The minimum Gasteiger partial charge on any atom is -0.383 e. The molecule has 1 aromatic heterocycles. The van der Waals surface area contributed by atoms with Crippen LogP contribution in [0.2, 0.25) is 0 Å². The SMILES string of the molecule is CCN1CCN(C2=C(c3cccs3)C(=O)N(CCOC)C2=O)CC1. The molecule has 6 nitrogen and oxygen atoms in total. The fraction of sp³-hybridized carbons (Fsp3) is 0.529. The number of nitrogens with zero attached hydrogens (tertiary/aromatic N) is 3. The quantitative estimate of drug-likeness (QED) is 0.720. The number of amides is 2. The molecule has 3 heterocycles. The second-order valence-electron chi connectivity index (χ2n) is 5.88. The molecule has 0 atom stereocenters. The summed E-state index contributed by atoms with van der Waals surface area (Å²) in [5.74, 6) is -0.391. The molecular formula is C17H23N3O3S. The van der Waals surface area contributed by atoms with Crippen molar-refractivity contribution in [3.05, 3.63) is 28.1 Å². The van der Waals surface area contributed by atoms with Gasteiger partial charge in [-0.05, 0) is 18.0 Å². The van der Waals surface area contributed by atoms with Crippen molar-refractivity contribution in [2.75, 3.05) is 53.0 Å². The van der Waals surface area contributed by atoms with E-state index in [4.69, 9.17) is 4.74 Å². The maximum atomic E-state index is 12.9. The van der Waals surface area contributed by atoms with Gasteiger partial charge >= 0.3 is 0 Å². The monoisotopic (exact) mass is 349 g/mol. The van der Waals surface area contributed by atoms with Crippen LogP contribution >= 0.6 is 11.3 Å². The largest absolute Gasteiger partial charge is 0.383 e. The van der Waals surface area contributed by atoms with E-state index in [1.54, 1.807) is 7.11 Å². The Morgan fingerprint density at radius 1 is 1.17 bits per heavy atom. The molecule has 0 N–H and O–H groups in total. The van der Waals surface area contributed by atoms with Crippen molar-refractivity contribution in [3.63, 3.8) is 0 Å². The van der Waals surface area contributed by atoms with E-state index in [9.17, 15) is 9.59 Å². The number of carbonyl (C=O) groups is 2. The van der Waals surface area contributed by atoms with Crippen molar-refractivity contribution < 1.29 is 14.3 Å². The molecule has 0 saturated carbocycles. The lowest BCUT2D eigenvalue weighted by Gasteiger charge is -2.35. The third kappa shape index (κ3) is 3.11. The molecule has 1 aromatic rings. The third-order valence-electron chi connectivity index (χ3n) is 4.57. The number of rotatable bonds is 6. The summed E-state index contributed by atoms with van der Waals surface area (Å²) in [5, 5.41) is 1.94. The number of likely N-dealkylation sites (N-methyl/N-ethyl adjacent to an activating group) is 1. The molecule has 0 spiro atoms. The van der Waals surface area contributed by atoms with E-state index < -0.39 is 0 Å². The Morgan fingerprint density at radius 3 is 2.50 bits per heavy atom. The van der Waals surface area contributed by atoms with E-state index in [0.29, 0.717) is 24.4 Å². The zero-order valence-corrected chi connectivity index (χ0v) is 15.0. The maximum absolute atomic E-state index is 12.9. The van der Waals surface area contributed by atoms with Crippen molar-refractivity contribution >= 4 is 28.7 Å². The predicted octanol–water partition coefficient (Wildman–Crippen LogP) is 1.11. The fourth-order valence-corrected chi connectivity index (χ4v) is 3.94. The van der Waals surface area contributed by atoms with E-state index in [0.717, 1.165) is 37.6 Å². The zero-order chi connectivity index (χ0) is 17.1. The molecular weight excluding hydrogens is 326 g/mol. The van der Waals surface area contributed by atoms with E-state index in [2.05, 4.69) is 16.7 Å². The van der Waals surface area contributed by atoms with E-state index in [1.165, 1.54) is 16.2 Å². The number of hydrogen-bond acceptors (Lipinski definition) is 6. The van der Waals surface area contributed by atoms with Gasteiger partial charge in [-0.2, -0.15) is 0 Å². The van der Waals surface area contributed by atoms with E-state index >= 15 is 0 Å². The third-order valence-corrected chi connectivity index (χ3v) is 5.45. The molecule has 0 aromatic carbocycles. The minimum atomic E-state index is -0.201. The average molecular weight is 349 g/mol. The lowest BCUT2D eigenvalue weighted by Crippen LogP contribution is -2.47. The lowest BCUT2D eigenvalue weighted by molar-refractivity contribution is -0.138. The molecule has 0 radical (unpaired) electrons. The Hall–Kier alpha value is -1.70.